The van der Waals surface area contributed by atoms with Crippen LogP contribution >= 0.6 is 11.8 Å². The zero-order chi connectivity index (χ0) is 42.5. The van der Waals surface area contributed by atoms with Crippen LogP contribution in [0.5, 0.6) is 0 Å². The maximum Gasteiger partial charge on any atom is 0.327 e. The second-order valence-corrected chi connectivity index (χ2v) is 16.1. The lowest BCUT2D eigenvalue weighted by Gasteiger charge is -2.31. The highest BCUT2D eigenvalue weighted by Crippen LogP contribution is 2.27. The summed E-state index contributed by atoms with van der Waals surface area (Å²) in [4.78, 5) is 114. The number of carboxylic acid groups (broad SMARTS) is 3. The van der Waals surface area contributed by atoms with E-state index in [1.807, 2.05) is 6.92 Å². The Kier molecular flexibility index (Phi) is 22.7. The van der Waals surface area contributed by atoms with Gasteiger partial charge in [-0.2, -0.15) is 11.8 Å². The van der Waals surface area contributed by atoms with Crippen molar-refractivity contribution in [1.29, 1.82) is 0 Å². The largest absolute Gasteiger partial charge is 0.481 e. The van der Waals surface area contributed by atoms with E-state index in [1.54, 1.807) is 27.7 Å². The maximum atomic E-state index is 14.0. The van der Waals surface area contributed by atoms with Crippen LogP contribution in [0.2, 0.25) is 0 Å². The summed E-state index contributed by atoms with van der Waals surface area (Å²) in [5, 5.41) is 43.4. The van der Waals surface area contributed by atoms with E-state index in [0.717, 1.165) is 39.0 Å². The number of carboxylic acids is 3. The molecule has 0 bridgehead atoms. The Morgan fingerprint density at radius 3 is 1.70 bits per heavy atom. The van der Waals surface area contributed by atoms with Crippen molar-refractivity contribution in [1.82, 2.24) is 31.9 Å². The Labute approximate surface area is 332 Å². The molecule has 318 valence electrons. The second kappa shape index (κ2) is 25.7. The molecule has 6 amide bonds. The van der Waals surface area contributed by atoms with Crippen LogP contribution in [0.4, 0.5) is 0 Å². The molecular formula is C37H62N6O12S. The fraction of sp³-hybridized carbons (Fsp3) is 0.757. The molecule has 1 aliphatic carbocycles. The van der Waals surface area contributed by atoms with Gasteiger partial charge in [-0.3, -0.25) is 38.4 Å². The van der Waals surface area contributed by atoms with Crippen molar-refractivity contribution in [2.75, 3.05) is 11.5 Å². The lowest BCUT2D eigenvalue weighted by atomic mass is 9.84. The van der Waals surface area contributed by atoms with Gasteiger partial charge in [-0.1, -0.05) is 73.1 Å². The van der Waals surface area contributed by atoms with Gasteiger partial charge in [-0.05, 0) is 42.8 Å². The Morgan fingerprint density at radius 1 is 0.643 bits per heavy atom. The van der Waals surface area contributed by atoms with Gasteiger partial charge in [0.2, 0.25) is 35.4 Å². The minimum Gasteiger partial charge on any atom is -0.481 e. The smallest absolute Gasteiger partial charge is 0.327 e. The van der Waals surface area contributed by atoms with Crippen molar-refractivity contribution in [3.8, 4) is 0 Å². The number of nitrogens with one attached hydrogen (secondary N) is 6. The van der Waals surface area contributed by atoms with Crippen LogP contribution in [-0.4, -0.2) is 116 Å². The molecule has 1 saturated carbocycles. The molecule has 0 aromatic heterocycles. The molecule has 0 aliphatic heterocycles. The molecule has 0 saturated heterocycles. The van der Waals surface area contributed by atoms with Gasteiger partial charge in [0.1, 0.15) is 36.3 Å². The first-order valence-electron chi connectivity index (χ1n) is 19.3. The van der Waals surface area contributed by atoms with Crippen LogP contribution < -0.4 is 31.9 Å². The molecule has 1 rings (SSSR count). The molecule has 0 spiro atoms. The Hall–Kier alpha value is -4.42. The van der Waals surface area contributed by atoms with E-state index in [0.29, 0.717) is 12.2 Å². The van der Waals surface area contributed by atoms with Crippen LogP contribution in [0, 0.1) is 17.8 Å². The number of hydrogen-bond donors (Lipinski definition) is 9. The first-order chi connectivity index (χ1) is 26.3. The number of amides is 6. The average molecular weight is 815 g/mol. The quantitative estimate of drug-likeness (QED) is 0.0594. The minimum atomic E-state index is -1.58. The van der Waals surface area contributed by atoms with Crippen LogP contribution in [0.1, 0.15) is 112 Å². The highest BCUT2D eigenvalue weighted by Gasteiger charge is 2.36. The van der Waals surface area contributed by atoms with Crippen molar-refractivity contribution in [3.63, 3.8) is 0 Å². The van der Waals surface area contributed by atoms with E-state index in [2.05, 4.69) is 31.9 Å². The molecule has 7 atom stereocenters. The third-order valence-electron chi connectivity index (χ3n) is 9.52. The summed E-state index contributed by atoms with van der Waals surface area (Å²) in [7, 11) is 0. The predicted octanol–water partition coefficient (Wildman–Crippen LogP) is 1.15. The molecule has 0 aromatic rings. The Morgan fingerprint density at radius 2 is 1.18 bits per heavy atom. The van der Waals surface area contributed by atoms with E-state index in [-0.39, 0.29) is 30.4 Å². The lowest BCUT2D eigenvalue weighted by molar-refractivity contribution is -0.142. The molecule has 56 heavy (non-hydrogen) atoms. The van der Waals surface area contributed by atoms with Gasteiger partial charge >= 0.3 is 17.9 Å². The summed E-state index contributed by atoms with van der Waals surface area (Å²) >= 11 is 1.35. The summed E-state index contributed by atoms with van der Waals surface area (Å²) in [5.74, 6) is -8.53. The SMILES string of the molecule is CCSC[C@H](NC(=O)[C@H](CC1CCCCC1)NC(=O)[C@@H](NC(=O)[C@H](CC(C)C)NC(=O)[C@@H](CCC(=O)O)NC(=O)[C@H](CC(=O)O)NC(C)=O)[C@H](C)CC)C(=O)O. The van der Waals surface area contributed by atoms with Gasteiger partial charge in [-0.15, -0.1) is 0 Å². The Balaban J connectivity index is 3.37. The first kappa shape index (κ1) is 49.6. The number of aliphatic carboxylic acids is 3. The highest BCUT2D eigenvalue weighted by molar-refractivity contribution is 7.99. The highest BCUT2D eigenvalue weighted by atomic mass is 32.2. The molecule has 0 aromatic carbocycles. The maximum absolute atomic E-state index is 14.0. The zero-order valence-corrected chi connectivity index (χ0v) is 34.1. The van der Waals surface area contributed by atoms with E-state index in [9.17, 15) is 58.5 Å². The standard InChI is InChI=1S/C37H62N6O12S/c1-7-21(5)31(36(53)41-26(17-23-12-10-9-11-13-23)33(50)42-28(37(54)55)19-56-8-2)43-35(52)25(16-20(3)4)40-32(49)24(14-15-29(45)46)39-34(51)27(18-30(47)48)38-22(6)44/h20-21,23-28,31H,7-19H2,1-6H3,(H,38,44)(H,39,51)(H,40,49)(H,41,53)(H,42,50)(H,43,52)(H,45,46)(H,47,48)(H,54,55)/t21-,24-,25+,26+,27+,28+,31+/m1/s1. The third kappa shape index (κ3) is 18.9. The van der Waals surface area contributed by atoms with Crippen molar-refractivity contribution in [3.05, 3.63) is 0 Å². The van der Waals surface area contributed by atoms with E-state index in [1.165, 1.54) is 11.8 Å². The zero-order valence-electron chi connectivity index (χ0n) is 33.3. The first-order valence-corrected chi connectivity index (χ1v) is 20.5. The fourth-order valence-corrected chi connectivity index (χ4v) is 7.00. The molecule has 1 aliphatic rings. The van der Waals surface area contributed by atoms with Gasteiger partial charge in [0.25, 0.3) is 0 Å². The van der Waals surface area contributed by atoms with Crippen LogP contribution in [0.15, 0.2) is 0 Å². The van der Waals surface area contributed by atoms with E-state index < -0.39 is 115 Å². The molecule has 19 heteroatoms. The molecule has 0 unspecified atom stereocenters. The van der Waals surface area contributed by atoms with Gasteiger partial charge in [-0.25, -0.2) is 4.79 Å². The molecule has 0 radical (unpaired) electrons. The Bertz CT molecular complexity index is 1360. The van der Waals surface area contributed by atoms with Crippen LogP contribution in [-0.2, 0) is 43.2 Å². The third-order valence-corrected chi connectivity index (χ3v) is 10.5. The van der Waals surface area contributed by atoms with Crippen molar-refractivity contribution in [2.24, 2.45) is 17.8 Å². The molecule has 1 fully saturated rings. The van der Waals surface area contributed by atoms with Gasteiger partial charge in [0.05, 0.1) is 6.42 Å². The monoisotopic (exact) mass is 814 g/mol. The number of carbonyl (C=O) groups excluding carboxylic acids is 6. The van der Waals surface area contributed by atoms with E-state index in [4.69, 9.17) is 0 Å². The van der Waals surface area contributed by atoms with Crippen molar-refractivity contribution >= 4 is 65.1 Å². The van der Waals surface area contributed by atoms with Crippen molar-refractivity contribution < 1.29 is 58.5 Å². The average Bonchev–Trinajstić information content (AvgIpc) is 3.11. The normalized spacial score (nSPS) is 16.8. The second-order valence-electron chi connectivity index (χ2n) is 14.8. The summed E-state index contributed by atoms with van der Waals surface area (Å²) < 4.78 is 0. The fourth-order valence-electron chi connectivity index (χ4n) is 6.30. The van der Waals surface area contributed by atoms with Gasteiger partial charge in [0, 0.05) is 19.1 Å². The summed E-state index contributed by atoms with van der Waals surface area (Å²) in [6.45, 7) is 10.00. The number of carbonyl (C=O) groups is 9. The van der Waals surface area contributed by atoms with Crippen LogP contribution in [0.25, 0.3) is 0 Å². The van der Waals surface area contributed by atoms with Crippen molar-refractivity contribution in [2.45, 2.75) is 148 Å². The molecular weight excluding hydrogens is 753 g/mol. The molecule has 18 nitrogen and oxygen atoms in total. The lowest BCUT2D eigenvalue weighted by Crippen LogP contribution is -2.61. The van der Waals surface area contributed by atoms with Gasteiger partial charge in [0.15, 0.2) is 0 Å². The van der Waals surface area contributed by atoms with Gasteiger partial charge < -0.3 is 47.2 Å². The number of rotatable bonds is 26. The summed E-state index contributed by atoms with van der Waals surface area (Å²) in [5.41, 5.74) is 0. The molecule has 0 heterocycles. The summed E-state index contributed by atoms with van der Waals surface area (Å²) in [6, 6.07) is -7.88. The number of hydrogen-bond acceptors (Lipinski definition) is 10. The number of thioether (sulfide) groups is 1. The minimum absolute atomic E-state index is 0.0542. The topological polar surface area (TPSA) is 286 Å². The summed E-state index contributed by atoms with van der Waals surface area (Å²) in [6.07, 6.45) is 3.58. The predicted molar refractivity (Wildman–Crippen MR) is 207 cm³/mol. The molecule has 9 N–H and O–H groups in total. The van der Waals surface area contributed by atoms with E-state index >= 15 is 0 Å². The van der Waals surface area contributed by atoms with Crippen LogP contribution in [0.3, 0.4) is 0 Å².